The topological polar surface area (TPSA) is 36.3 Å². The van der Waals surface area contributed by atoms with Crippen molar-refractivity contribution in [3.63, 3.8) is 0 Å². The number of nitrogens with zero attached hydrogens (tertiary/aromatic N) is 2. The Balaban J connectivity index is 1.88. The van der Waals surface area contributed by atoms with Crippen LogP contribution in [0.25, 0.3) is 11.3 Å². The highest BCUT2D eigenvalue weighted by molar-refractivity contribution is 5.72. The van der Waals surface area contributed by atoms with Crippen LogP contribution in [0.5, 0.6) is 11.5 Å². The summed E-state index contributed by atoms with van der Waals surface area (Å²) in [6.45, 7) is 0.309. The highest BCUT2D eigenvalue weighted by atomic mass is 16.7. The molecule has 0 spiro atoms. The molecule has 0 atom stereocenters. The van der Waals surface area contributed by atoms with Crippen molar-refractivity contribution in [3.05, 3.63) is 30.5 Å². The molecular formula is C13H12N2O2. The quantitative estimate of drug-likeness (QED) is 0.792. The lowest BCUT2D eigenvalue weighted by Gasteiger charge is -2.08. The number of hydrogen-bond acceptors (Lipinski definition) is 3. The summed E-state index contributed by atoms with van der Waals surface area (Å²) in [5.41, 5.74) is 2.19. The molecule has 2 heterocycles. The van der Waals surface area contributed by atoms with E-state index in [1.807, 2.05) is 24.4 Å². The number of aromatic nitrogens is 2. The van der Waals surface area contributed by atoms with Gasteiger partial charge in [-0.2, -0.15) is 5.10 Å². The minimum absolute atomic E-state index is 0.309. The molecule has 4 heteroatoms. The van der Waals surface area contributed by atoms with Gasteiger partial charge in [0.05, 0.1) is 11.7 Å². The second-order valence-electron chi connectivity index (χ2n) is 4.43. The van der Waals surface area contributed by atoms with Crippen molar-refractivity contribution in [1.29, 1.82) is 0 Å². The molecule has 1 fully saturated rings. The van der Waals surface area contributed by atoms with Crippen LogP contribution in [0.2, 0.25) is 0 Å². The predicted molar refractivity (Wildman–Crippen MR) is 62.1 cm³/mol. The van der Waals surface area contributed by atoms with E-state index in [-0.39, 0.29) is 0 Å². The Kier molecular flexibility index (Phi) is 1.75. The van der Waals surface area contributed by atoms with Gasteiger partial charge in [0.1, 0.15) is 0 Å². The molecule has 17 heavy (non-hydrogen) atoms. The number of fused-ring (bicyclic) bond motifs is 1. The average Bonchev–Trinajstić information content (AvgIpc) is 2.92. The van der Waals surface area contributed by atoms with E-state index in [2.05, 4.69) is 15.8 Å². The molecule has 1 aliphatic heterocycles. The Morgan fingerprint density at radius 1 is 1.18 bits per heavy atom. The summed E-state index contributed by atoms with van der Waals surface area (Å²) in [7, 11) is 0. The molecule has 0 saturated heterocycles. The van der Waals surface area contributed by atoms with E-state index in [1.54, 1.807) is 0 Å². The van der Waals surface area contributed by atoms with Gasteiger partial charge < -0.3 is 9.47 Å². The van der Waals surface area contributed by atoms with Gasteiger partial charge >= 0.3 is 0 Å². The monoisotopic (exact) mass is 228 g/mol. The molecule has 0 unspecified atom stereocenters. The van der Waals surface area contributed by atoms with Crippen molar-refractivity contribution >= 4 is 0 Å². The smallest absolute Gasteiger partial charge is 0.231 e. The summed E-state index contributed by atoms with van der Waals surface area (Å²) in [5, 5.41) is 4.40. The van der Waals surface area contributed by atoms with Crippen LogP contribution in [-0.2, 0) is 0 Å². The van der Waals surface area contributed by atoms with Crippen LogP contribution in [-0.4, -0.2) is 16.6 Å². The Morgan fingerprint density at radius 2 is 2.12 bits per heavy atom. The normalized spacial score (nSPS) is 17.4. The minimum atomic E-state index is 0.309. The van der Waals surface area contributed by atoms with Gasteiger partial charge in [0, 0.05) is 11.8 Å². The third-order valence-electron chi connectivity index (χ3n) is 3.24. The molecule has 2 aliphatic rings. The van der Waals surface area contributed by atoms with Crippen LogP contribution in [0.3, 0.4) is 0 Å². The third kappa shape index (κ3) is 1.33. The lowest BCUT2D eigenvalue weighted by atomic mass is 10.1. The standard InChI is InChI=1S/C13H12N2O2/c1-2-10(13-12(3-1)16-8-17-13)11-6-7-14-15(11)9-4-5-9/h1-3,6-7,9H,4-5,8H2. The van der Waals surface area contributed by atoms with Gasteiger partial charge in [0.15, 0.2) is 11.5 Å². The first kappa shape index (κ1) is 9.10. The van der Waals surface area contributed by atoms with E-state index >= 15 is 0 Å². The first-order valence-corrected chi connectivity index (χ1v) is 5.86. The van der Waals surface area contributed by atoms with E-state index in [9.17, 15) is 0 Å². The number of hydrogen-bond donors (Lipinski definition) is 0. The maximum Gasteiger partial charge on any atom is 0.231 e. The summed E-state index contributed by atoms with van der Waals surface area (Å²) in [4.78, 5) is 0. The molecule has 1 saturated carbocycles. The van der Waals surface area contributed by atoms with Crippen molar-refractivity contribution in [2.45, 2.75) is 18.9 Å². The Bertz CT molecular complexity index is 573. The lowest BCUT2D eigenvalue weighted by molar-refractivity contribution is 0.174. The first-order valence-electron chi connectivity index (χ1n) is 5.86. The van der Waals surface area contributed by atoms with E-state index in [0.29, 0.717) is 12.8 Å². The maximum absolute atomic E-state index is 5.55. The SMILES string of the molecule is c1cc2c(c(-c3ccnn3C3CC3)c1)OCO2. The van der Waals surface area contributed by atoms with E-state index in [0.717, 1.165) is 22.8 Å². The van der Waals surface area contributed by atoms with Crippen LogP contribution in [0, 0.1) is 0 Å². The van der Waals surface area contributed by atoms with Crippen LogP contribution >= 0.6 is 0 Å². The summed E-state index contributed by atoms with van der Waals surface area (Å²) in [5.74, 6) is 1.67. The van der Waals surface area contributed by atoms with Gasteiger partial charge in [0.25, 0.3) is 0 Å². The number of ether oxygens (including phenoxy) is 2. The number of rotatable bonds is 2. The zero-order valence-electron chi connectivity index (χ0n) is 9.30. The summed E-state index contributed by atoms with van der Waals surface area (Å²) < 4.78 is 13.0. The summed E-state index contributed by atoms with van der Waals surface area (Å²) >= 11 is 0. The molecule has 0 radical (unpaired) electrons. The van der Waals surface area contributed by atoms with Crippen molar-refractivity contribution in [1.82, 2.24) is 9.78 Å². The first-order chi connectivity index (χ1) is 8.43. The Morgan fingerprint density at radius 3 is 3.00 bits per heavy atom. The molecule has 0 amide bonds. The summed E-state index contributed by atoms with van der Waals surface area (Å²) in [6, 6.07) is 8.59. The maximum atomic E-state index is 5.55. The zero-order valence-corrected chi connectivity index (χ0v) is 9.30. The van der Waals surface area contributed by atoms with Crippen LogP contribution in [0.4, 0.5) is 0 Å². The van der Waals surface area contributed by atoms with Gasteiger partial charge in [-0.1, -0.05) is 6.07 Å². The fourth-order valence-electron chi connectivity index (χ4n) is 2.27. The minimum Gasteiger partial charge on any atom is -0.454 e. The molecule has 1 aromatic heterocycles. The molecule has 4 rings (SSSR count). The predicted octanol–water partition coefficient (Wildman–Crippen LogP) is 2.61. The molecule has 86 valence electrons. The van der Waals surface area contributed by atoms with Crippen molar-refractivity contribution in [3.8, 4) is 22.8 Å². The third-order valence-corrected chi connectivity index (χ3v) is 3.24. The molecule has 1 aromatic carbocycles. The average molecular weight is 228 g/mol. The highest BCUT2D eigenvalue weighted by Crippen LogP contribution is 2.44. The molecule has 0 N–H and O–H groups in total. The fraction of sp³-hybridized carbons (Fsp3) is 0.308. The molecule has 1 aliphatic carbocycles. The van der Waals surface area contributed by atoms with Crippen molar-refractivity contribution in [2.24, 2.45) is 0 Å². The van der Waals surface area contributed by atoms with Crippen molar-refractivity contribution in [2.75, 3.05) is 6.79 Å². The van der Waals surface area contributed by atoms with E-state index in [4.69, 9.17) is 9.47 Å². The Hall–Kier alpha value is -1.97. The van der Waals surface area contributed by atoms with Crippen LogP contribution in [0.1, 0.15) is 18.9 Å². The Labute approximate surface area is 98.8 Å². The second kappa shape index (κ2) is 3.26. The molecule has 2 aromatic rings. The molecule has 4 nitrogen and oxygen atoms in total. The molecule has 0 bridgehead atoms. The lowest BCUT2D eigenvalue weighted by Crippen LogP contribution is -1.99. The highest BCUT2D eigenvalue weighted by Gasteiger charge is 2.28. The van der Waals surface area contributed by atoms with E-state index < -0.39 is 0 Å². The fourth-order valence-corrected chi connectivity index (χ4v) is 2.27. The van der Waals surface area contributed by atoms with E-state index in [1.165, 1.54) is 12.8 Å². The second-order valence-corrected chi connectivity index (χ2v) is 4.43. The van der Waals surface area contributed by atoms with Crippen molar-refractivity contribution < 1.29 is 9.47 Å². The van der Waals surface area contributed by atoms with Crippen LogP contribution < -0.4 is 9.47 Å². The number of para-hydroxylation sites is 1. The van der Waals surface area contributed by atoms with Gasteiger partial charge in [-0.25, -0.2) is 0 Å². The van der Waals surface area contributed by atoms with Gasteiger partial charge in [-0.15, -0.1) is 0 Å². The van der Waals surface area contributed by atoms with Gasteiger partial charge in [0.2, 0.25) is 6.79 Å². The largest absolute Gasteiger partial charge is 0.454 e. The van der Waals surface area contributed by atoms with Gasteiger partial charge in [-0.3, -0.25) is 4.68 Å². The van der Waals surface area contributed by atoms with Crippen LogP contribution in [0.15, 0.2) is 30.5 Å². The van der Waals surface area contributed by atoms with Gasteiger partial charge in [-0.05, 0) is 31.0 Å². The molecular weight excluding hydrogens is 216 g/mol. The number of benzene rings is 1. The summed E-state index contributed by atoms with van der Waals surface area (Å²) in [6.07, 6.45) is 4.30. The zero-order chi connectivity index (χ0) is 11.2.